The zero-order valence-electron chi connectivity index (χ0n) is 13.6. The first-order chi connectivity index (χ1) is 11.8. The summed E-state index contributed by atoms with van der Waals surface area (Å²) >= 11 is 0. The molecule has 0 aliphatic carbocycles. The zero-order chi connectivity index (χ0) is 16.4. The van der Waals surface area contributed by atoms with Crippen molar-refractivity contribution in [2.75, 3.05) is 6.16 Å². The molecule has 0 atom stereocenters. The maximum absolute atomic E-state index is 12.7. The molecular formula is C22H20OP+. The fourth-order valence-corrected chi connectivity index (χ4v) is 8.01. The molecule has 0 aromatic heterocycles. The lowest BCUT2D eigenvalue weighted by Crippen LogP contribution is -2.26. The Bertz CT molecular complexity index is 816. The third-order valence-corrected chi connectivity index (χ3v) is 9.42. The molecule has 118 valence electrons. The van der Waals surface area contributed by atoms with Crippen molar-refractivity contribution in [2.45, 2.75) is 12.6 Å². The molecule has 0 bridgehead atoms. The van der Waals surface area contributed by atoms with Gasteiger partial charge in [-0.2, -0.15) is 0 Å². The number of ketones is 1. The van der Waals surface area contributed by atoms with Crippen LogP contribution in [0, 0.1) is 0 Å². The number of benzene rings is 3. The van der Waals surface area contributed by atoms with Crippen molar-refractivity contribution in [1.82, 2.24) is 0 Å². The molecule has 4 rings (SSSR count). The zero-order valence-corrected chi connectivity index (χ0v) is 14.5. The molecule has 3 aromatic rings. The van der Waals surface area contributed by atoms with E-state index in [-0.39, 0.29) is 0 Å². The van der Waals surface area contributed by atoms with Gasteiger partial charge in [-0.15, -0.1) is 0 Å². The number of hydrogen-bond donors (Lipinski definition) is 0. The fourth-order valence-electron chi connectivity index (χ4n) is 3.74. The number of Topliss-reactive ketones (excluding diaryl/α,β-unsaturated/α-hetero) is 1. The van der Waals surface area contributed by atoms with E-state index < -0.39 is 7.26 Å². The van der Waals surface area contributed by atoms with Gasteiger partial charge in [0.25, 0.3) is 0 Å². The van der Waals surface area contributed by atoms with Crippen molar-refractivity contribution >= 4 is 23.7 Å². The van der Waals surface area contributed by atoms with Crippen LogP contribution in [-0.4, -0.2) is 11.9 Å². The summed E-state index contributed by atoms with van der Waals surface area (Å²) < 4.78 is 0. The molecule has 0 N–H and O–H groups in total. The molecule has 1 nitrogen and oxygen atoms in total. The molecule has 1 heterocycles. The predicted molar refractivity (Wildman–Crippen MR) is 103 cm³/mol. The van der Waals surface area contributed by atoms with Gasteiger partial charge in [-0.05, 0) is 24.3 Å². The van der Waals surface area contributed by atoms with E-state index in [0.717, 1.165) is 17.9 Å². The minimum Gasteiger partial charge on any atom is -0.294 e. The van der Waals surface area contributed by atoms with Crippen LogP contribution in [0.5, 0.6) is 0 Å². The summed E-state index contributed by atoms with van der Waals surface area (Å²) in [6.07, 6.45) is 2.56. The lowest BCUT2D eigenvalue weighted by Gasteiger charge is -2.26. The number of fused-ring (bicyclic) bond motifs is 1. The van der Waals surface area contributed by atoms with Crippen LogP contribution >= 0.6 is 7.26 Å². The molecule has 0 spiro atoms. The SMILES string of the molecule is O=C1CC[P+](c2ccccc2)(c2ccccc2)Cc2ccccc21. The molecule has 1 aliphatic heterocycles. The summed E-state index contributed by atoms with van der Waals surface area (Å²) in [4.78, 5) is 12.7. The van der Waals surface area contributed by atoms with Gasteiger partial charge in [-0.3, -0.25) is 4.79 Å². The largest absolute Gasteiger partial charge is 0.294 e. The first-order valence-corrected chi connectivity index (χ1v) is 10.5. The first kappa shape index (κ1) is 15.3. The van der Waals surface area contributed by atoms with Crippen molar-refractivity contribution in [3.8, 4) is 0 Å². The lowest BCUT2D eigenvalue weighted by molar-refractivity contribution is 0.0989. The van der Waals surface area contributed by atoms with Crippen LogP contribution in [0.25, 0.3) is 0 Å². The Morgan fingerprint density at radius 1 is 0.667 bits per heavy atom. The fraction of sp³-hybridized carbons (Fsp3) is 0.136. The van der Waals surface area contributed by atoms with E-state index in [9.17, 15) is 4.79 Å². The Kier molecular flexibility index (Phi) is 4.04. The summed E-state index contributed by atoms with van der Waals surface area (Å²) in [5.74, 6) is 0.291. The molecule has 0 unspecified atom stereocenters. The summed E-state index contributed by atoms with van der Waals surface area (Å²) in [5.41, 5.74) is 2.13. The van der Waals surface area contributed by atoms with Crippen LogP contribution in [0.4, 0.5) is 0 Å². The quantitative estimate of drug-likeness (QED) is 0.635. The van der Waals surface area contributed by atoms with Gasteiger partial charge in [0.1, 0.15) is 0 Å². The van der Waals surface area contributed by atoms with Crippen LogP contribution in [0.15, 0.2) is 84.9 Å². The highest BCUT2D eigenvalue weighted by molar-refractivity contribution is 7.88. The van der Waals surface area contributed by atoms with Crippen LogP contribution < -0.4 is 10.6 Å². The molecule has 24 heavy (non-hydrogen) atoms. The molecule has 0 saturated heterocycles. The normalized spacial score (nSPS) is 16.2. The van der Waals surface area contributed by atoms with E-state index in [1.165, 1.54) is 16.2 Å². The van der Waals surface area contributed by atoms with Crippen molar-refractivity contribution in [3.63, 3.8) is 0 Å². The average Bonchev–Trinajstić information content (AvgIpc) is 2.81. The van der Waals surface area contributed by atoms with Crippen molar-refractivity contribution in [3.05, 3.63) is 96.1 Å². The second kappa shape index (κ2) is 6.34. The Balaban J connectivity index is 1.94. The van der Waals surface area contributed by atoms with Crippen LogP contribution in [-0.2, 0) is 6.16 Å². The summed E-state index contributed by atoms with van der Waals surface area (Å²) in [5, 5.41) is 2.81. The van der Waals surface area contributed by atoms with Crippen LogP contribution in [0.3, 0.4) is 0 Å². The van der Waals surface area contributed by atoms with Gasteiger partial charge < -0.3 is 0 Å². The van der Waals surface area contributed by atoms with Crippen molar-refractivity contribution < 1.29 is 4.79 Å². The van der Waals surface area contributed by atoms with Gasteiger partial charge in [0, 0.05) is 17.5 Å². The van der Waals surface area contributed by atoms with Gasteiger partial charge in [0.2, 0.25) is 0 Å². The number of carbonyl (C=O) groups excluding carboxylic acids is 1. The third kappa shape index (κ3) is 2.60. The third-order valence-electron chi connectivity index (χ3n) is 4.98. The molecule has 0 radical (unpaired) electrons. The highest BCUT2D eigenvalue weighted by Crippen LogP contribution is 2.61. The van der Waals surface area contributed by atoms with Gasteiger partial charge in [0.05, 0.1) is 30.2 Å². The Morgan fingerprint density at radius 3 is 1.83 bits per heavy atom. The second-order valence-electron chi connectivity index (χ2n) is 6.35. The second-order valence-corrected chi connectivity index (χ2v) is 10.1. The topological polar surface area (TPSA) is 17.1 Å². The monoisotopic (exact) mass is 331 g/mol. The van der Waals surface area contributed by atoms with Gasteiger partial charge in [-0.1, -0.05) is 60.7 Å². The summed E-state index contributed by atoms with van der Waals surface area (Å²) in [7, 11) is -1.63. The minimum absolute atomic E-state index is 0.291. The van der Waals surface area contributed by atoms with Gasteiger partial charge in [-0.25, -0.2) is 0 Å². The van der Waals surface area contributed by atoms with Crippen LogP contribution in [0.2, 0.25) is 0 Å². The summed E-state index contributed by atoms with van der Waals surface area (Å²) in [6.45, 7) is 0. The van der Waals surface area contributed by atoms with Gasteiger partial charge >= 0.3 is 0 Å². The molecule has 1 aliphatic rings. The standard InChI is InChI=1S/C22H20OP/c23-22-15-16-24(19-10-3-1-4-11-19,20-12-5-2-6-13-20)17-18-9-7-8-14-21(18)22/h1-14H,15-17H2/q+1. The Labute approximate surface area is 143 Å². The average molecular weight is 331 g/mol. The molecule has 0 saturated carbocycles. The van der Waals surface area contributed by atoms with Crippen LogP contribution in [0.1, 0.15) is 22.3 Å². The van der Waals surface area contributed by atoms with E-state index in [0.29, 0.717) is 12.2 Å². The maximum atomic E-state index is 12.7. The molecule has 3 aromatic carbocycles. The highest BCUT2D eigenvalue weighted by Gasteiger charge is 2.45. The van der Waals surface area contributed by atoms with E-state index >= 15 is 0 Å². The van der Waals surface area contributed by atoms with E-state index in [4.69, 9.17) is 0 Å². The lowest BCUT2D eigenvalue weighted by atomic mass is 10.0. The molecule has 2 heteroatoms. The molecular weight excluding hydrogens is 311 g/mol. The summed E-state index contributed by atoms with van der Waals surface area (Å²) in [6, 6.07) is 29.8. The van der Waals surface area contributed by atoms with E-state index in [1.807, 2.05) is 12.1 Å². The Hall–Kier alpha value is -2.24. The minimum atomic E-state index is -1.63. The highest BCUT2D eigenvalue weighted by atomic mass is 31.2. The van der Waals surface area contributed by atoms with Gasteiger partial charge in [0.15, 0.2) is 5.78 Å². The molecule has 0 amide bonds. The van der Waals surface area contributed by atoms with E-state index in [2.05, 4.69) is 72.8 Å². The smallest absolute Gasteiger partial charge is 0.166 e. The number of rotatable bonds is 2. The Morgan fingerprint density at radius 2 is 1.21 bits per heavy atom. The first-order valence-electron chi connectivity index (χ1n) is 8.39. The predicted octanol–water partition coefficient (Wildman–Crippen LogP) is 4.44. The molecule has 0 fully saturated rings. The van der Waals surface area contributed by atoms with Crippen molar-refractivity contribution in [2.24, 2.45) is 0 Å². The number of carbonyl (C=O) groups is 1. The maximum Gasteiger partial charge on any atom is 0.166 e. The number of hydrogen-bond acceptors (Lipinski definition) is 1. The van der Waals surface area contributed by atoms with E-state index in [1.54, 1.807) is 0 Å². The van der Waals surface area contributed by atoms with Crippen molar-refractivity contribution in [1.29, 1.82) is 0 Å².